The molecule has 3 nitrogen and oxygen atoms in total. The van der Waals surface area contributed by atoms with Crippen molar-refractivity contribution in [3.05, 3.63) is 0 Å². The third-order valence-electron chi connectivity index (χ3n) is 4.47. The fourth-order valence-corrected chi connectivity index (χ4v) is 3.39. The van der Waals surface area contributed by atoms with Crippen molar-refractivity contribution in [2.75, 3.05) is 45.5 Å². The van der Waals surface area contributed by atoms with Crippen LogP contribution in [0, 0.1) is 0 Å². The highest BCUT2D eigenvalue weighted by Crippen LogP contribution is 2.14. The minimum absolute atomic E-state index is 0.637. The molecule has 1 heterocycles. The molecule has 0 bridgehead atoms. The van der Waals surface area contributed by atoms with Crippen molar-refractivity contribution < 1.29 is 0 Å². The van der Waals surface area contributed by atoms with Crippen molar-refractivity contribution >= 4 is 11.8 Å². The highest BCUT2D eigenvalue weighted by Gasteiger charge is 2.19. The Bertz CT molecular complexity index is 240. The fourth-order valence-electron chi connectivity index (χ4n) is 2.88. The van der Waals surface area contributed by atoms with Crippen molar-refractivity contribution in [2.45, 2.75) is 64.3 Å². The van der Waals surface area contributed by atoms with Crippen molar-refractivity contribution in [3.63, 3.8) is 0 Å². The summed E-state index contributed by atoms with van der Waals surface area (Å²) in [6.45, 7) is 14.3. The van der Waals surface area contributed by atoms with Crippen LogP contribution in [-0.2, 0) is 0 Å². The Kier molecular flexibility index (Phi) is 10.8. The van der Waals surface area contributed by atoms with Crippen molar-refractivity contribution in [2.24, 2.45) is 0 Å². The normalized spacial score (nSPS) is 19.3. The van der Waals surface area contributed by atoms with E-state index in [9.17, 15) is 0 Å². The molecule has 0 amide bonds. The minimum atomic E-state index is 0.637. The van der Waals surface area contributed by atoms with Gasteiger partial charge in [-0.25, -0.2) is 0 Å². The van der Waals surface area contributed by atoms with Gasteiger partial charge in [-0.3, -0.25) is 4.90 Å². The highest BCUT2D eigenvalue weighted by molar-refractivity contribution is 7.99. The summed E-state index contributed by atoms with van der Waals surface area (Å²) in [5, 5.41) is 4.18. The first-order valence-corrected chi connectivity index (χ1v) is 10.1. The van der Waals surface area contributed by atoms with Crippen LogP contribution in [0.2, 0.25) is 0 Å². The molecule has 1 atom stereocenters. The maximum Gasteiger partial charge on any atom is 0.0526 e. The highest BCUT2D eigenvalue weighted by atomic mass is 32.2. The average Bonchev–Trinajstić information content (AvgIpc) is 2.49. The van der Waals surface area contributed by atoms with E-state index in [1.54, 1.807) is 0 Å². The predicted octanol–water partition coefficient (Wildman–Crippen LogP) is 3.26. The fraction of sp³-hybridized carbons (Fsp3) is 1.00. The van der Waals surface area contributed by atoms with E-state index >= 15 is 0 Å². The summed E-state index contributed by atoms with van der Waals surface area (Å²) >= 11 is 1.97. The van der Waals surface area contributed by atoms with Gasteiger partial charge in [0.05, 0.1) is 5.37 Å². The standard InChI is InChI=1S/C17H37N3S/c1-16(2)18-10-8-6-5-7-9-11-19-12-14-20(15-13-19)17(3)21-4/h16-18H,5-15H2,1-4H3. The third-order valence-corrected chi connectivity index (χ3v) is 5.45. The second-order valence-electron chi connectivity index (χ2n) is 6.59. The Hall–Kier alpha value is 0.230. The van der Waals surface area contributed by atoms with Crippen LogP contribution in [-0.4, -0.2) is 66.7 Å². The van der Waals surface area contributed by atoms with Crippen LogP contribution in [0.1, 0.15) is 52.9 Å². The van der Waals surface area contributed by atoms with E-state index in [4.69, 9.17) is 0 Å². The van der Waals surface area contributed by atoms with Crippen LogP contribution in [0.25, 0.3) is 0 Å². The molecule has 0 aromatic rings. The van der Waals surface area contributed by atoms with E-state index in [1.807, 2.05) is 11.8 Å². The van der Waals surface area contributed by atoms with Crippen molar-refractivity contribution in [1.29, 1.82) is 0 Å². The first-order chi connectivity index (χ1) is 10.1. The van der Waals surface area contributed by atoms with Gasteiger partial charge in [-0.05, 0) is 39.1 Å². The second-order valence-corrected chi connectivity index (χ2v) is 7.74. The lowest BCUT2D eigenvalue weighted by molar-refractivity contribution is 0.127. The molecular weight excluding hydrogens is 278 g/mol. The molecule has 4 heteroatoms. The molecule has 0 aromatic heterocycles. The van der Waals surface area contributed by atoms with Crippen LogP contribution in [0.5, 0.6) is 0 Å². The zero-order valence-electron chi connectivity index (χ0n) is 14.7. The van der Waals surface area contributed by atoms with Crippen molar-refractivity contribution in [3.8, 4) is 0 Å². The van der Waals surface area contributed by atoms with Crippen LogP contribution < -0.4 is 5.32 Å². The summed E-state index contributed by atoms with van der Waals surface area (Å²) in [4.78, 5) is 5.27. The smallest absolute Gasteiger partial charge is 0.0526 e. The van der Waals surface area contributed by atoms with Gasteiger partial charge in [0.25, 0.3) is 0 Å². The Morgan fingerprint density at radius 2 is 1.52 bits per heavy atom. The molecule has 0 radical (unpaired) electrons. The van der Waals surface area contributed by atoms with Gasteiger partial charge in [-0.2, -0.15) is 0 Å². The minimum Gasteiger partial charge on any atom is -0.315 e. The second kappa shape index (κ2) is 11.8. The summed E-state index contributed by atoms with van der Waals surface area (Å²) in [5.74, 6) is 0. The van der Waals surface area contributed by atoms with Gasteiger partial charge in [0.15, 0.2) is 0 Å². The largest absolute Gasteiger partial charge is 0.315 e. The van der Waals surface area contributed by atoms with E-state index in [1.165, 1.54) is 71.4 Å². The number of piperazine rings is 1. The number of nitrogens with zero attached hydrogens (tertiary/aromatic N) is 2. The molecule has 0 aromatic carbocycles. The van der Waals surface area contributed by atoms with Gasteiger partial charge in [0.1, 0.15) is 0 Å². The monoisotopic (exact) mass is 315 g/mol. The van der Waals surface area contributed by atoms with Crippen LogP contribution in [0.3, 0.4) is 0 Å². The summed E-state index contributed by atoms with van der Waals surface area (Å²) < 4.78 is 0. The van der Waals surface area contributed by atoms with E-state index in [0.29, 0.717) is 11.4 Å². The molecule has 1 saturated heterocycles. The first-order valence-electron chi connectivity index (χ1n) is 8.86. The Labute approximate surface area is 137 Å². The van der Waals surface area contributed by atoms with E-state index < -0.39 is 0 Å². The summed E-state index contributed by atoms with van der Waals surface area (Å²) in [7, 11) is 0. The number of thioether (sulfide) groups is 1. The zero-order valence-corrected chi connectivity index (χ0v) is 15.6. The number of unbranched alkanes of at least 4 members (excludes halogenated alkanes) is 4. The molecule has 1 fully saturated rings. The number of hydrogen-bond acceptors (Lipinski definition) is 4. The zero-order chi connectivity index (χ0) is 15.5. The first kappa shape index (κ1) is 19.3. The van der Waals surface area contributed by atoms with E-state index in [2.05, 4.69) is 42.1 Å². The molecule has 1 aliphatic rings. The summed E-state index contributed by atoms with van der Waals surface area (Å²) in [6, 6.07) is 0.637. The van der Waals surface area contributed by atoms with Gasteiger partial charge in [0.2, 0.25) is 0 Å². The number of nitrogens with one attached hydrogen (secondary N) is 1. The molecule has 126 valence electrons. The maximum absolute atomic E-state index is 3.49. The molecular formula is C17H37N3S. The lowest BCUT2D eigenvalue weighted by atomic mass is 10.1. The van der Waals surface area contributed by atoms with Gasteiger partial charge < -0.3 is 10.2 Å². The predicted molar refractivity (Wildman–Crippen MR) is 97.2 cm³/mol. The molecule has 1 unspecified atom stereocenters. The summed E-state index contributed by atoms with van der Waals surface area (Å²) in [5.41, 5.74) is 0. The summed E-state index contributed by atoms with van der Waals surface area (Å²) in [6.07, 6.45) is 9.14. The van der Waals surface area contributed by atoms with Gasteiger partial charge in [-0.1, -0.05) is 33.1 Å². The topological polar surface area (TPSA) is 18.5 Å². The molecule has 1 rings (SSSR count). The van der Waals surface area contributed by atoms with Crippen molar-refractivity contribution in [1.82, 2.24) is 15.1 Å². The molecule has 21 heavy (non-hydrogen) atoms. The van der Waals surface area contributed by atoms with E-state index in [0.717, 1.165) is 0 Å². The molecule has 0 saturated carbocycles. The van der Waals surface area contributed by atoms with Crippen LogP contribution in [0.15, 0.2) is 0 Å². The SMILES string of the molecule is CSC(C)N1CCN(CCCCCCCNC(C)C)CC1. The molecule has 1 N–H and O–H groups in total. The Balaban J connectivity index is 1.90. The third kappa shape index (κ3) is 9.07. The quantitative estimate of drug-likeness (QED) is 0.590. The van der Waals surface area contributed by atoms with Crippen LogP contribution >= 0.6 is 11.8 Å². The van der Waals surface area contributed by atoms with Gasteiger partial charge >= 0.3 is 0 Å². The van der Waals surface area contributed by atoms with Crippen LogP contribution in [0.4, 0.5) is 0 Å². The molecule has 0 spiro atoms. The lowest BCUT2D eigenvalue weighted by Crippen LogP contribution is -2.48. The molecule has 1 aliphatic heterocycles. The number of hydrogen-bond donors (Lipinski definition) is 1. The van der Waals surface area contributed by atoms with Gasteiger partial charge in [-0.15, -0.1) is 11.8 Å². The number of rotatable bonds is 11. The maximum atomic E-state index is 3.49. The Morgan fingerprint density at radius 1 is 0.905 bits per heavy atom. The molecule has 0 aliphatic carbocycles. The Morgan fingerprint density at radius 3 is 2.14 bits per heavy atom. The average molecular weight is 316 g/mol. The van der Waals surface area contributed by atoms with E-state index in [-0.39, 0.29) is 0 Å². The van der Waals surface area contributed by atoms with Gasteiger partial charge in [0, 0.05) is 32.2 Å². The lowest BCUT2D eigenvalue weighted by Gasteiger charge is -2.37.